The van der Waals surface area contributed by atoms with E-state index in [9.17, 15) is 13.2 Å². The number of hydrogen-bond donors (Lipinski definition) is 3. The number of nitrogens with one attached hydrogen (secondary N) is 2. The van der Waals surface area contributed by atoms with Gasteiger partial charge in [-0.1, -0.05) is 0 Å². The molecule has 1 saturated heterocycles. The van der Waals surface area contributed by atoms with Crippen LogP contribution in [0.25, 0.3) is 0 Å². The van der Waals surface area contributed by atoms with Gasteiger partial charge in [-0.25, -0.2) is 4.79 Å². The van der Waals surface area contributed by atoms with Crippen molar-refractivity contribution < 1.29 is 17.8 Å². The van der Waals surface area contributed by atoms with Crippen molar-refractivity contribution in [1.82, 2.24) is 15.5 Å². The standard InChI is InChI=1S/C6H13N3O.CH4O3S/c1-7-2-4-9-5-3-8-6(9)10;1-5(2,3)4/h7H,2-5H2,1H3,(H,8,10);1H3,(H,2,3,4). The van der Waals surface area contributed by atoms with Crippen molar-refractivity contribution in [1.29, 1.82) is 0 Å². The highest BCUT2D eigenvalue weighted by molar-refractivity contribution is 7.85. The first-order chi connectivity index (χ1) is 6.84. The van der Waals surface area contributed by atoms with Crippen LogP contribution < -0.4 is 10.6 Å². The van der Waals surface area contributed by atoms with E-state index in [0.29, 0.717) is 6.26 Å². The van der Waals surface area contributed by atoms with Gasteiger partial charge in [0.25, 0.3) is 10.1 Å². The SMILES string of the molecule is CNCCN1CCNC1=O.CS(=O)(=O)O. The Kier molecular flexibility index (Phi) is 6.21. The molecule has 0 saturated carbocycles. The van der Waals surface area contributed by atoms with Crippen molar-refractivity contribution in [3.63, 3.8) is 0 Å². The van der Waals surface area contributed by atoms with Gasteiger partial charge in [-0.15, -0.1) is 0 Å². The van der Waals surface area contributed by atoms with E-state index >= 15 is 0 Å². The van der Waals surface area contributed by atoms with E-state index in [1.165, 1.54) is 0 Å². The summed E-state index contributed by atoms with van der Waals surface area (Å²) in [6.45, 7) is 3.32. The first kappa shape index (κ1) is 14.1. The average molecular weight is 239 g/mol. The van der Waals surface area contributed by atoms with Crippen LogP contribution in [-0.4, -0.2) is 63.4 Å². The Morgan fingerprint density at radius 3 is 2.47 bits per heavy atom. The molecule has 0 bridgehead atoms. The van der Waals surface area contributed by atoms with Crippen LogP contribution in [0.4, 0.5) is 4.79 Å². The fourth-order valence-electron chi connectivity index (χ4n) is 0.971. The summed E-state index contributed by atoms with van der Waals surface area (Å²) >= 11 is 0. The molecule has 1 aliphatic heterocycles. The third-order valence-corrected chi connectivity index (χ3v) is 1.58. The third-order valence-electron chi connectivity index (χ3n) is 1.58. The molecule has 0 aromatic heterocycles. The molecule has 0 aromatic rings. The molecule has 15 heavy (non-hydrogen) atoms. The van der Waals surface area contributed by atoms with Crippen LogP contribution in [0.5, 0.6) is 0 Å². The van der Waals surface area contributed by atoms with Gasteiger partial charge in [0.1, 0.15) is 0 Å². The minimum absolute atomic E-state index is 0.0650. The van der Waals surface area contributed by atoms with Crippen molar-refractivity contribution in [2.24, 2.45) is 0 Å². The van der Waals surface area contributed by atoms with Gasteiger partial charge >= 0.3 is 6.03 Å². The monoisotopic (exact) mass is 239 g/mol. The summed E-state index contributed by atoms with van der Waals surface area (Å²) in [5.74, 6) is 0. The van der Waals surface area contributed by atoms with Gasteiger partial charge in [0.15, 0.2) is 0 Å². The van der Waals surface area contributed by atoms with Crippen LogP contribution in [0.15, 0.2) is 0 Å². The summed E-state index contributed by atoms with van der Waals surface area (Å²) in [5.41, 5.74) is 0. The largest absolute Gasteiger partial charge is 0.336 e. The number of hydrogen-bond acceptors (Lipinski definition) is 4. The average Bonchev–Trinajstić information content (AvgIpc) is 2.45. The zero-order valence-electron chi connectivity index (χ0n) is 8.86. The Morgan fingerprint density at radius 2 is 2.13 bits per heavy atom. The van der Waals surface area contributed by atoms with Crippen LogP contribution in [0, 0.1) is 0 Å². The van der Waals surface area contributed by atoms with E-state index in [-0.39, 0.29) is 6.03 Å². The summed E-state index contributed by atoms with van der Waals surface area (Å²) in [7, 11) is -1.78. The summed E-state index contributed by atoms with van der Waals surface area (Å²) in [6.07, 6.45) is 0.715. The Labute approximate surface area is 89.6 Å². The highest BCUT2D eigenvalue weighted by Gasteiger charge is 2.17. The van der Waals surface area contributed by atoms with Crippen LogP contribution in [0.3, 0.4) is 0 Å². The molecule has 0 aliphatic carbocycles. The predicted octanol–water partition coefficient (Wildman–Crippen LogP) is -1.26. The van der Waals surface area contributed by atoms with Crippen molar-refractivity contribution in [2.75, 3.05) is 39.5 Å². The molecule has 7 nitrogen and oxygen atoms in total. The summed E-state index contributed by atoms with van der Waals surface area (Å²) < 4.78 is 25.9. The van der Waals surface area contributed by atoms with E-state index in [1.807, 2.05) is 7.05 Å². The van der Waals surface area contributed by atoms with Gasteiger partial charge in [-0.3, -0.25) is 4.55 Å². The van der Waals surface area contributed by atoms with Gasteiger partial charge in [0.2, 0.25) is 0 Å². The highest BCUT2D eigenvalue weighted by Crippen LogP contribution is 1.93. The minimum Gasteiger partial charge on any atom is -0.336 e. The lowest BCUT2D eigenvalue weighted by Gasteiger charge is -2.12. The summed E-state index contributed by atoms with van der Waals surface area (Å²) in [4.78, 5) is 12.7. The van der Waals surface area contributed by atoms with E-state index < -0.39 is 10.1 Å². The van der Waals surface area contributed by atoms with E-state index in [2.05, 4.69) is 10.6 Å². The molecule has 0 spiro atoms. The number of urea groups is 1. The molecule has 8 heteroatoms. The van der Waals surface area contributed by atoms with Gasteiger partial charge in [0, 0.05) is 26.2 Å². The van der Waals surface area contributed by atoms with E-state index in [1.54, 1.807) is 4.90 Å². The molecule has 0 unspecified atom stereocenters. The molecule has 0 atom stereocenters. The molecule has 1 heterocycles. The number of carbonyl (C=O) groups is 1. The molecule has 0 aromatic carbocycles. The minimum atomic E-state index is -3.67. The summed E-state index contributed by atoms with van der Waals surface area (Å²) in [6, 6.07) is 0.0650. The van der Waals surface area contributed by atoms with Gasteiger partial charge in [-0.2, -0.15) is 8.42 Å². The lowest BCUT2D eigenvalue weighted by Crippen LogP contribution is -2.33. The van der Waals surface area contributed by atoms with Crippen LogP contribution in [0.1, 0.15) is 0 Å². The Morgan fingerprint density at radius 1 is 1.60 bits per heavy atom. The molecule has 90 valence electrons. The Hall–Kier alpha value is -0.860. The second-order valence-corrected chi connectivity index (χ2v) is 4.52. The van der Waals surface area contributed by atoms with E-state index in [4.69, 9.17) is 4.55 Å². The molecule has 1 aliphatic rings. The molecule has 3 N–H and O–H groups in total. The van der Waals surface area contributed by atoms with Gasteiger partial charge < -0.3 is 15.5 Å². The Balaban J connectivity index is 0.000000336. The van der Waals surface area contributed by atoms with Crippen molar-refractivity contribution in [2.45, 2.75) is 0 Å². The van der Waals surface area contributed by atoms with Gasteiger partial charge in [-0.05, 0) is 7.05 Å². The molecule has 1 fully saturated rings. The Bertz CT molecular complexity index is 283. The van der Waals surface area contributed by atoms with Crippen molar-refractivity contribution in [3.8, 4) is 0 Å². The first-order valence-electron chi connectivity index (χ1n) is 4.44. The number of amides is 2. The smallest absolute Gasteiger partial charge is 0.317 e. The quantitative estimate of drug-likeness (QED) is 0.534. The maximum atomic E-state index is 10.9. The predicted molar refractivity (Wildman–Crippen MR) is 56.4 cm³/mol. The molecule has 1 rings (SSSR count). The zero-order chi connectivity index (χ0) is 11.9. The highest BCUT2D eigenvalue weighted by atomic mass is 32.2. The van der Waals surface area contributed by atoms with Crippen LogP contribution in [-0.2, 0) is 10.1 Å². The van der Waals surface area contributed by atoms with Crippen LogP contribution >= 0.6 is 0 Å². The topological polar surface area (TPSA) is 98.7 Å². The molecular formula is C7H17N3O4S. The second-order valence-electron chi connectivity index (χ2n) is 3.06. The van der Waals surface area contributed by atoms with Gasteiger partial charge in [0.05, 0.1) is 6.26 Å². The number of likely N-dealkylation sites (N-methyl/N-ethyl adjacent to an activating group) is 1. The maximum Gasteiger partial charge on any atom is 0.317 e. The number of carbonyl (C=O) groups excluding carboxylic acids is 1. The summed E-state index contributed by atoms with van der Waals surface area (Å²) in [5, 5.41) is 5.73. The normalized spacial score (nSPS) is 15.7. The number of rotatable bonds is 3. The third kappa shape index (κ3) is 9.44. The number of nitrogens with zero attached hydrogens (tertiary/aromatic N) is 1. The molecule has 0 radical (unpaired) electrons. The fourth-order valence-corrected chi connectivity index (χ4v) is 0.971. The van der Waals surface area contributed by atoms with E-state index in [0.717, 1.165) is 26.2 Å². The zero-order valence-corrected chi connectivity index (χ0v) is 9.67. The maximum absolute atomic E-state index is 10.9. The lowest BCUT2D eigenvalue weighted by atomic mass is 10.5. The van der Waals surface area contributed by atoms with Crippen LogP contribution in [0.2, 0.25) is 0 Å². The van der Waals surface area contributed by atoms with Crippen molar-refractivity contribution >= 4 is 16.1 Å². The van der Waals surface area contributed by atoms with Crippen molar-refractivity contribution in [3.05, 3.63) is 0 Å². The molecule has 2 amide bonds. The second kappa shape index (κ2) is 6.59. The molecular weight excluding hydrogens is 222 g/mol. The first-order valence-corrected chi connectivity index (χ1v) is 6.29. The lowest BCUT2D eigenvalue weighted by molar-refractivity contribution is 0.218. The fraction of sp³-hybridized carbons (Fsp3) is 0.857.